The van der Waals surface area contributed by atoms with Gasteiger partial charge >= 0.3 is 0 Å². The standard InChI is InChI=1S/C7H9ClNO2/c1-5-7(8)6(11-2)3-4-9(5)10/h3-4,10H,1-2H3/q+1. The molecule has 0 spiro atoms. The number of ether oxygens (including phenoxy) is 1. The molecule has 60 valence electrons. The Labute approximate surface area is 69.8 Å². The van der Waals surface area contributed by atoms with Gasteiger partial charge in [0.1, 0.15) is 5.75 Å². The van der Waals surface area contributed by atoms with Crippen LogP contribution in [0, 0.1) is 6.92 Å². The Morgan fingerprint density at radius 2 is 2.27 bits per heavy atom. The van der Waals surface area contributed by atoms with Gasteiger partial charge in [-0.15, -0.1) is 0 Å². The minimum absolute atomic E-state index is 0.428. The Hall–Kier alpha value is -0.960. The third-order valence-corrected chi connectivity index (χ3v) is 1.92. The molecule has 11 heavy (non-hydrogen) atoms. The molecule has 3 nitrogen and oxygen atoms in total. The van der Waals surface area contributed by atoms with Crippen molar-refractivity contribution in [2.24, 2.45) is 0 Å². The molecule has 0 aliphatic carbocycles. The number of hydrogen-bond acceptors (Lipinski definition) is 2. The third kappa shape index (κ3) is 1.38. The van der Waals surface area contributed by atoms with Gasteiger partial charge in [0.15, 0.2) is 5.02 Å². The van der Waals surface area contributed by atoms with Crippen LogP contribution in [-0.4, -0.2) is 12.3 Å². The van der Waals surface area contributed by atoms with Crippen molar-refractivity contribution in [3.8, 4) is 5.75 Å². The van der Waals surface area contributed by atoms with Crippen molar-refractivity contribution >= 4 is 11.6 Å². The summed E-state index contributed by atoms with van der Waals surface area (Å²) in [6.07, 6.45) is 1.47. The van der Waals surface area contributed by atoms with Gasteiger partial charge in [-0.25, -0.2) is 0 Å². The van der Waals surface area contributed by atoms with Crippen molar-refractivity contribution in [2.45, 2.75) is 6.92 Å². The van der Waals surface area contributed by atoms with Crippen LogP contribution in [0.3, 0.4) is 0 Å². The van der Waals surface area contributed by atoms with Gasteiger partial charge in [-0.05, 0) is 0 Å². The summed E-state index contributed by atoms with van der Waals surface area (Å²) in [5.74, 6) is 0.564. The lowest BCUT2D eigenvalue weighted by Gasteiger charge is -2.00. The van der Waals surface area contributed by atoms with Crippen LogP contribution in [0.4, 0.5) is 0 Å². The summed E-state index contributed by atoms with van der Waals surface area (Å²) in [7, 11) is 1.53. The average Bonchev–Trinajstić information content (AvgIpc) is 2.01. The number of pyridine rings is 1. The van der Waals surface area contributed by atoms with Crippen LogP contribution in [0.1, 0.15) is 5.69 Å². The summed E-state index contributed by atoms with van der Waals surface area (Å²) in [5, 5.41) is 9.52. The van der Waals surface area contributed by atoms with Gasteiger partial charge in [0.05, 0.1) is 13.2 Å². The normalized spacial score (nSPS) is 9.73. The van der Waals surface area contributed by atoms with E-state index in [1.54, 1.807) is 13.0 Å². The minimum atomic E-state index is 0.428. The number of nitrogens with zero attached hydrogens (tertiary/aromatic N) is 1. The van der Waals surface area contributed by atoms with E-state index in [2.05, 4.69) is 0 Å². The highest BCUT2D eigenvalue weighted by molar-refractivity contribution is 6.32. The zero-order valence-electron chi connectivity index (χ0n) is 6.34. The molecule has 0 atom stereocenters. The number of rotatable bonds is 1. The van der Waals surface area contributed by atoms with Crippen molar-refractivity contribution < 1.29 is 14.7 Å². The fraction of sp³-hybridized carbons (Fsp3) is 0.286. The molecular formula is C7H9ClNO2+. The first-order chi connectivity index (χ1) is 5.16. The zero-order chi connectivity index (χ0) is 8.43. The Morgan fingerprint density at radius 3 is 2.82 bits per heavy atom. The Balaban J connectivity index is 3.25. The second-order valence-electron chi connectivity index (χ2n) is 2.13. The van der Waals surface area contributed by atoms with Crippen LogP contribution in [-0.2, 0) is 0 Å². The Kier molecular flexibility index (Phi) is 2.19. The van der Waals surface area contributed by atoms with E-state index in [9.17, 15) is 0 Å². The van der Waals surface area contributed by atoms with Crippen molar-refractivity contribution in [3.05, 3.63) is 23.0 Å². The molecule has 0 aromatic carbocycles. The van der Waals surface area contributed by atoms with Crippen molar-refractivity contribution in [1.82, 2.24) is 0 Å². The predicted octanol–water partition coefficient (Wildman–Crippen LogP) is 1.18. The summed E-state index contributed by atoms with van der Waals surface area (Å²) in [6.45, 7) is 1.70. The first-order valence-electron chi connectivity index (χ1n) is 3.11. The van der Waals surface area contributed by atoms with E-state index in [1.807, 2.05) is 0 Å². The van der Waals surface area contributed by atoms with Gasteiger partial charge in [0, 0.05) is 11.7 Å². The lowest BCUT2D eigenvalue weighted by molar-refractivity contribution is -0.908. The highest BCUT2D eigenvalue weighted by atomic mass is 35.5. The van der Waals surface area contributed by atoms with Gasteiger partial charge in [0.25, 0.3) is 5.69 Å². The number of methoxy groups -OCH3 is 1. The second-order valence-corrected chi connectivity index (χ2v) is 2.51. The lowest BCUT2D eigenvalue weighted by atomic mass is 10.3. The molecule has 0 amide bonds. The first-order valence-corrected chi connectivity index (χ1v) is 3.48. The summed E-state index contributed by atoms with van der Waals surface area (Å²) < 4.78 is 5.87. The van der Waals surface area contributed by atoms with E-state index in [1.165, 1.54) is 13.3 Å². The van der Waals surface area contributed by atoms with Gasteiger partial charge in [-0.1, -0.05) is 11.6 Å². The molecule has 1 aromatic rings. The molecule has 1 rings (SSSR count). The van der Waals surface area contributed by atoms with Gasteiger partial charge in [-0.2, -0.15) is 0 Å². The fourth-order valence-corrected chi connectivity index (χ4v) is 0.987. The van der Waals surface area contributed by atoms with E-state index >= 15 is 0 Å². The van der Waals surface area contributed by atoms with Crippen molar-refractivity contribution in [2.75, 3.05) is 7.11 Å². The summed E-state index contributed by atoms with van der Waals surface area (Å²) in [6, 6.07) is 1.59. The monoisotopic (exact) mass is 174 g/mol. The smallest absolute Gasteiger partial charge is 0.253 e. The number of hydrogen-bond donors (Lipinski definition) is 1. The molecule has 0 saturated heterocycles. The Morgan fingerprint density at radius 1 is 1.64 bits per heavy atom. The molecule has 0 aliphatic rings. The van der Waals surface area contributed by atoms with E-state index in [-0.39, 0.29) is 0 Å². The lowest BCUT2D eigenvalue weighted by Crippen LogP contribution is -2.33. The molecule has 1 aromatic heterocycles. The first kappa shape index (κ1) is 8.14. The SMILES string of the molecule is COc1cc[n+](O)c(C)c1Cl. The molecule has 0 unspecified atom stereocenters. The summed E-state index contributed by atoms with van der Waals surface area (Å²) in [4.78, 5) is 0. The van der Waals surface area contributed by atoms with Crippen molar-refractivity contribution in [3.63, 3.8) is 0 Å². The highest BCUT2D eigenvalue weighted by Crippen LogP contribution is 2.23. The van der Waals surface area contributed by atoms with Crippen LogP contribution in [0.2, 0.25) is 5.02 Å². The van der Waals surface area contributed by atoms with Gasteiger partial charge < -0.3 is 4.74 Å². The predicted molar refractivity (Wildman–Crippen MR) is 40.1 cm³/mol. The van der Waals surface area contributed by atoms with Crippen LogP contribution in [0.15, 0.2) is 12.3 Å². The van der Waals surface area contributed by atoms with Crippen LogP contribution >= 0.6 is 11.6 Å². The molecule has 1 N–H and O–H groups in total. The van der Waals surface area contributed by atoms with E-state index < -0.39 is 0 Å². The largest absolute Gasteiger partial charge is 0.495 e. The molecule has 1 heterocycles. The second kappa shape index (κ2) is 2.96. The number of halogens is 1. The quantitative estimate of drug-likeness (QED) is 0.513. The topological polar surface area (TPSA) is 33.3 Å². The Bertz CT molecular complexity index is 275. The van der Waals surface area contributed by atoms with Crippen LogP contribution in [0.25, 0.3) is 0 Å². The van der Waals surface area contributed by atoms with E-state index in [4.69, 9.17) is 21.5 Å². The van der Waals surface area contributed by atoms with Crippen molar-refractivity contribution in [1.29, 1.82) is 0 Å². The van der Waals surface area contributed by atoms with E-state index in [0.29, 0.717) is 16.5 Å². The maximum atomic E-state index is 9.10. The fourth-order valence-electron chi connectivity index (χ4n) is 0.760. The molecule has 0 fully saturated rings. The maximum Gasteiger partial charge on any atom is 0.253 e. The summed E-state index contributed by atoms with van der Waals surface area (Å²) >= 11 is 5.79. The van der Waals surface area contributed by atoms with Crippen LogP contribution in [0.5, 0.6) is 5.75 Å². The molecular weight excluding hydrogens is 166 g/mol. The summed E-state index contributed by atoms with van der Waals surface area (Å²) in [5.41, 5.74) is 0.561. The third-order valence-electron chi connectivity index (χ3n) is 1.46. The molecule has 0 radical (unpaired) electrons. The molecule has 0 saturated carbocycles. The van der Waals surface area contributed by atoms with Gasteiger partial charge in [0.2, 0.25) is 6.20 Å². The molecule has 0 aliphatic heterocycles. The zero-order valence-corrected chi connectivity index (χ0v) is 7.09. The molecule has 4 heteroatoms. The molecule has 0 bridgehead atoms. The average molecular weight is 175 g/mol. The number of aromatic nitrogens is 1. The van der Waals surface area contributed by atoms with E-state index in [0.717, 1.165) is 4.73 Å². The van der Waals surface area contributed by atoms with Gasteiger partial charge in [-0.3, -0.25) is 5.21 Å². The highest BCUT2D eigenvalue weighted by Gasteiger charge is 2.13. The minimum Gasteiger partial charge on any atom is -0.495 e. The van der Waals surface area contributed by atoms with Crippen LogP contribution < -0.4 is 9.47 Å². The maximum absolute atomic E-state index is 9.10.